The van der Waals surface area contributed by atoms with Gasteiger partial charge in [-0.15, -0.1) is 0 Å². The standard InChI is InChI=1S/C18H29N3/c1-15(17-7-8-17)11-20-18(13-19)9-10-21(14-18)12-16-5-3-2-4-6-16/h2-6,15,17,20H,7-14,19H2,1H3. The van der Waals surface area contributed by atoms with Crippen LogP contribution in [0.5, 0.6) is 0 Å². The van der Waals surface area contributed by atoms with Gasteiger partial charge < -0.3 is 11.1 Å². The second kappa shape index (κ2) is 6.47. The van der Waals surface area contributed by atoms with Gasteiger partial charge in [0.1, 0.15) is 0 Å². The van der Waals surface area contributed by atoms with E-state index in [4.69, 9.17) is 5.73 Å². The van der Waals surface area contributed by atoms with Crippen LogP contribution in [-0.2, 0) is 6.54 Å². The van der Waals surface area contributed by atoms with Gasteiger partial charge in [0, 0.05) is 31.7 Å². The number of nitrogens with zero attached hydrogens (tertiary/aromatic N) is 1. The average molecular weight is 287 g/mol. The third kappa shape index (κ3) is 3.85. The van der Waals surface area contributed by atoms with Crippen molar-refractivity contribution in [1.29, 1.82) is 0 Å². The highest BCUT2D eigenvalue weighted by Crippen LogP contribution is 2.36. The lowest BCUT2D eigenvalue weighted by atomic mass is 9.96. The predicted octanol–water partition coefficient (Wildman–Crippen LogP) is 2.23. The van der Waals surface area contributed by atoms with Crippen molar-refractivity contribution in [1.82, 2.24) is 10.2 Å². The van der Waals surface area contributed by atoms with Crippen molar-refractivity contribution in [3.63, 3.8) is 0 Å². The van der Waals surface area contributed by atoms with E-state index in [1.165, 1.54) is 24.8 Å². The summed E-state index contributed by atoms with van der Waals surface area (Å²) in [6.07, 6.45) is 4.03. The first-order valence-electron chi connectivity index (χ1n) is 8.42. The van der Waals surface area contributed by atoms with Gasteiger partial charge in [0.25, 0.3) is 0 Å². The summed E-state index contributed by atoms with van der Waals surface area (Å²) in [5.41, 5.74) is 7.65. The molecule has 116 valence electrons. The second-order valence-electron chi connectivity index (χ2n) is 7.13. The van der Waals surface area contributed by atoms with Gasteiger partial charge in [-0.25, -0.2) is 0 Å². The van der Waals surface area contributed by atoms with E-state index in [9.17, 15) is 0 Å². The largest absolute Gasteiger partial charge is 0.329 e. The van der Waals surface area contributed by atoms with Gasteiger partial charge in [0.05, 0.1) is 0 Å². The SMILES string of the molecule is CC(CNC1(CN)CCN(Cc2ccccc2)C1)C1CC1. The molecule has 2 aliphatic rings. The van der Waals surface area contributed by atoms with Crippen LogP contribution in [0.3, 0.4) is 0 Å². The predicted molar refractivity (Wildman–Crippen MR) is 88.0 cm³/mol. The maximum atomic E-state index is 6.11. The molecule has 3 rings (SSSR count). The van der Waals surface area contributed by atoms with Crippen LogP contribution in [0.15, 0.2) is 30.3 Å². The Kier molecular flexibility index (Phi) is 4.63. The Labute approximate surface area is 128 Å². The molecule has 1 aromatic carbocycles. The van der Waals surface area contributed by atoms with Crippen LogP contribution < -0.4 is 11.1 Å². The van der Waals surface area contributed by atoms with Gasteiger partial charge >= 0.3 is 0 Å². The molecule has 1 heterocycles. The second-order valence-corrected chi connectivity index (χ2v) is 7.13. The molecule has 21 heavy (non-hydrogen) atoms. The normalized spacial score (nSPS) is 27.9. The highest BCUT2D eigenvalue weighted by molar-refractivity contribution is 5.15. The van der Waals surface area contributed by atoms with Crippen molar-refractivity contribution in [2.24, 2.45) is 17.6 Å². The van der Waals surface area contributed by atoms with E-state index >= 15 is 0 Å². The first kappa shape index (κ1) is 15.0. The summed E-state index contributed by atoms with van der Waals surface area (Å²) in [6.45, 7) is 7.53. The molecule has 1 aliphatic carbocycles. The fourth-order valence-corrected chi connectivity index (χ4v) is 3.53. The number of hydrogen-bond donors (Lipinski definition) is 2. The van der Waals surface area contributed by atoms with Crippen molar-refractivity contribution in [2.45, 2.75) is 38.3 Å². The van der Waals surface area contributed by atoms with Crippen molar-refractivity contribution >= 4 is 0 Å². The fourth-order valence-electron chi connectivity index (χ4n) is 3.53. The number of hydrogen-bond acceptors (Lipinski definition) is 3. The summed E-state index contributed by atoms with van der Waals surface area (Å²) >= 11 is 0. The molecular weight excluding hydrogens is 258 g/mol. The molecule has 3 N–H and O–H groups in total. The van der Waals surface area contributed by atoms with Crippen LogP contribution >= 0.6 is 0 Å². The highest BCUT2D eigenvalue weighted by Gasteiger charge is 2.37. The topological polar surface area (TPSA) is 41.3 Å². The van der Waals surface area contributed by atoms with Crippen LogP contribution in [0.1, 0.15) is 31.7 Å². The third-order valence-corrected chi connectivity index (χ3v) is 5.30. The summed E-state index contributed by atoms with van der Waals surface area (Å²) < 4.78 is 0. The Bertz CT molecular complexity index is 443. The molecule has 0 amide bonds. The summed E-state index contributed by atoms with van der Waals surface area (Å²) in [5, 5.41) is 3.81. The van der Waals surface area contributed by atoms with E-state index in [1.807, 2.05) is 0 Å². The van der Waals surface area contributed by atoms with Gasteiger partial charge in [-0.05, 0) is 43.2 Å². The summed E-state index contributed by atoms with van der Waals surface area (Å²) in [7, 11) is 0. The fraction of sp³-hybridized carbons (Fsp3) is 0.667. The van der Waals surface area contributed by atoms with E-state index in [2.05, 4.69) is 47.5 Å². The zero-order valence-electron chi connectivity index (χ0n) is 13.2. The quantitative estimate of drug-likeness (QED) is 0.808. The molecule has 0 spiro atoms. The lowest BCUT2D eigenvalue weighted by Crippen LogP contribution is -2.54. The van der Waals surface area contributed by atoms with Gasteiger partial charge in [-0.2, -0.15) is 0 Å². The molecule has 0 aromatic heterocycles. The zero-order chi connectivity index (χ0) is 14.7. The van der Waals surface area contributed by atoms with Crippen LogP contribution in [0.4, 0.5) is 0 Å². The molecule has 0 radical (unpaired) electrons. The van der Waals surface area contributed by atoms with Crippen LogP contribution in [0.25, 0.3) is 0 Å². The Balaban J connectivity index is 1.52. The monoisotopic (exact) mass is 287 g/mol. The van der Waals surface area contributed by atoms with Crippen molar-refractivity contribution in [3.8, 4) is 0 Å². The molecule has 2 fully saturated rings. The Hall–Kier alpha value is -0.900. The highest BCUT2D eigenvalue weighted by atomic mass is 15.2. The van der Waals surface area contributed by atoms with Crippen LogP contribution in [0, 0.1) is 11.8 Å². The van der Waals surface area contributed by atoms with Crippen molar-refractivity contribution < 1.29 is 0 Å². The molecule has 1 saturated carbocycles. The van der Waals surface area contributed by atoms with Gasteiger partial charge in [0.2, 0.25) is 0 Å². The van der Waals surface area contributed by atoms with Crippen molar-refractivity contribution in [3.05, 3.63) is 35.9 Å². The number of nitrogens with two attached hydrogens (primary N) is 1. The number of likely N-dealkylation sites (tertiary alicyclic amines) is 1. The number of benzene rings is 1. The molecule has 2 atom stereocenters. The minimum absolute atomic E-state index is 0.137. The third-order valence-electron chi connectivity index (χ3n) is 5.30. The lowest BCUT2D eigenvalue weighted by molar-refractivity contribution is 0.265. The van der Waals surface area contributed by atoms with Crippen LogP contribution in [-0.4, -0.2) is 36.6 Å². The molecule has 3 nitrogen and oxygen atoms in total. The molecule has 1 aromatic rings. The molecule has 1 saturated heterocycles. The maximum Gasteiger partial charge on any atom is 0.0445 e. The van der Waals surface area contributed by atoms with Gasteiger partial charge in [-0.1, -0.05) is 37.3 Å². The van der Waals surface area contributed by atoms with E-state index in [0.717, 1.165) is 44.6 Å². The Morgan fingerprint density at radius 3 is 2.76 bits per heavy atom. The maximum absolute atomic E-state index is 6.11. The molecule has 0 bridgehead atoms. The zero-order valence-corrected chi connectivity index (χ0v) is 13.2. The Morgan fingerprint density at radius 1 is 1.33 bits per heavy atom. The Morgan fingerprint density at radius 2 is 2.10 bits per heavy atom. The van der Waals surface area contributed by atoms with Crippen LogP contribution in [0.2, 0.25) is 0 Å². The summed E-state index contributed by atoms with van der Waals surface area (Å²) in [4.78, 5) is 2.54. The van der Waals surface area contributed by atoms with E-state index in [0.29, 0.717) is 0 Å². The van der Waals surface area contributed by atoms with E-state index in [1.54, 1.807) is 0 Å². The summed E-state index contributed by atoms with van der Waals surface area (Å²) in [5.74, 6) is 1.77. The minimum Gasteiger partial charge on any atom is -0.329 e. The molecule has 2 unspecified atom stereocenters. The van der Waals surface area contributed by atoms with E-state index < -0.39 is 0 Å². The first-order valence-corrected chi connectivity index (χ1v) is 8.42. The van der Waals surface area contributed by atoms with E-state index in [-0.39, 0.29) is 5.54 Å². The summed E-state index contributed by atoms with van der Waals surface area (Å²) in [6, 6.07) is 10.8. The molecule has 1 aliphatic heterocycles. The number of rotatable bonds is 7. The molecular formula is C18H29N3. The minimum atomic E-state index is 0.137. The van der Waals surface area contributed by atoms with Crippen molar-refractivity contribution in [2.75, 3.05) is 26.2 Å². The smallest absolute Gasteiger partial charge is 0.0445 e. The number of nitrogens with one attached hydrogen (secondary N) is 1. The first-order chi connectivity index (χ1) is 10.2. The van der Waals surface area contributed by atoms with Gasteiger partial charge in [0.15, 0.2) is 0 Å². The lowest BCUT2D eigenvalue weighted by Gasteiger charge is -2.31. The average Bonchev–Trinajstić information content (AvgIpc) is 3.29. The van der Waals surface area contributed by atoms with Gasteiger partial charge in [-0.3, -0.25) is 4.90 Å². The molecule has 3 heteroatoms.